The highest BCUT2D eigenvalue weighted by Crippen LogP contribution is 2.04. The molecule has 4 nitrogen and oxygen atoms in total. The van der Waals surface area contributed by atoms with Crippen LogP contribution in [-0.2, 0) is 7.05 Å². The molecule has 0 fully saturated rings. The van der Waals surface area contributed by atoms with E-state index in [9.17, 15) is 4.79 Å². The number of allylic oxidation sites excluding steroid dienone is 1. The summed E-state index contributed by atoms with van der Waals surface area (Å²) in [6, 6.07) is 0. The van der Waals surface area contributed by atoms with Crippen molar-refractivity contribution >= 4 is 5.91 Å². The summed E-state index contributed by atoms with van der Waals surface area (Å²) in [4.78, 5) is 11.7. The Hall–Kier alpha value is -1.58. The van der Waals surface area contributed by atoms with E-state index in [1.165, 1.54) is 0 Å². The minimum atomic E-state index is -0.0508. The number of hydrogen-bond acceptors (Lipinski definition) is 2. The van der Waals surface area contributed by atoms with Crippen LogP contribution in [-0.4, -0.2) is 22.2 Å². The fraction of sp³-hybridized carbons (Fsp3) is 0.455. The number of hydrogen-bond donors (Lipinski definition) is 1. The molecule has 1 heterocycles. The van der Waals surface area contributed by atoms with E-state index >= 15 is 0 Å². The van der Waals surface area contributed by atoms with Gasteiger partial charge in [0.1, 0.15) is 0 Å². The molecule has 1 rings (SSSR count). The summed E-state index contributed by atoms with van der Waals surface area (Å²) >= 11 is 0. The molecular formula is C11H17N3O. The van der Waals surface area contributed by atoms with Crippen LogP contribution in [0.1, 0.15) is 29.4 Å². The summed E-state index contributed by atoms with van der Waals surface area (Å²) in [5.74, 6) is -0.0508. The van der Waals surface area contributed by atoms with Crippen molar-refractivity contribution in [1.82, 2.24) is 15.1 Å². The lowest BCUT2D eigenvalue weighted by Crippen LogP contribution is -2.24. The highest BCUT2D eigenvalue weighted by atomic mass is 16.1. The van der Waals surface area contributed by atoms with Crippen molar-refractivity contribution in [3.8, 4) is 0 Å². The molecule has 1 N–H and O–H groups in total. The number of carbonyl (C=O) groups excluding carboxylic acids is 1. The lowest BCUT2D eigenvalue weighted by molar-refractivity contribution is 0.0953. The molecule has 0 saturated carbocycles. The summed E-state index contributed by atoms with van der Waals surface area (Å²) in [5.41, 5.74) is 1.54. The Morgan fingerprint density at radius 2 is 2.40 bits per heavy atom. The van der Waals surface area contributed by atoms with Crippen molar-refractivity contribution in [2.75, 3.05) is 6.54 Å². The summed E-state index contributed by atoms with van der Waals surface area (Å²) in [6.07, 6.45) is 6.46. The van der Waals surface area contributed by atoms with Gasteiger partial charge in [0.2, 0.25) is 0 Å². The first-order chi connectivity index (χ1) is 7.16. The van der Waals surface area contributed by atoms with Gasteiger partial charge in [0, 0.05) is 19.3 Å². The van der Waals surface area contributed by atoms with Gasteiger partial charge in [-0.25, -0.2) is 0 Å². The summed E-state index contributed by atoms with van der Waals surface area (Å²) < 4.78 is 1.70. The normalized spacial score (nSPS) is 10.9. The first kappa shape index (κ1) is 11.5. The van der Waals surface area contributed by atoms with Gasteiger partial charge in [-0.1, -0.05) is 12.2 Å². The minimum absolute atomic E-state index is 0.0508. The van der Waals surface area contributed by atoms with Crippen LogP contribution >= 0.6 is 0 Å². The van der Waals surface area contributed by atoms with Crippen molar-refractivity contribution < 1.29 is 4.79 Å². The van der Waals surface area contributed by atoms with E-state index in [0.29, 0.717) is 12.1 Å². The van der Waals surface area contributed by atoms with Crippen LogP contribution in [0.2, 0.25) is 0 Å². The van der Waals surface area contributed by atoms with Gasteiger partial charge in [-0.2, -0.15) is 5.10 Å². The van der Waals surface area contributed by atoms with Gasteiger partial charge >= 0.3 is 0 Å². The first-order valence-corrected chi connectivity index (χ1v) is 5.04. The quantitative estimate of drug-likeness (QED) is 0.599. The molecule has 0 spiro atoms. The van der Waals surface area contributed by atoms with Gasteiger partial charge in [-0.3, -0.25) is 9.48 Å². The van der Waals surface area contributed by atoms with Crippen molar-refractivity contribution in [2.45, 2.75) is 20.3 Å². The fourth-order valence-corrected chi connectivity index (χ4v) is 1.25. The first-order valence-electron chi connectivity index (χ1n) is 5.04. The van der Waals surface area contributed by atoms with Crippen molar-refractivity contribution in [2.24, 2.45) is 7.05 Å². The van der Waals surface area contributed by atoms with E-state index in [1.54, 1.807) is 10.9 Å². The monoisotopic (exact) mass is 207 g/mol. The average molecular weight is 207 g/mol. The van der Waals surface area contributed by atoms with E-state index in [0.717, 1.165) is 12.1 Å². The summed E-state index contributed by atoms with van der Waals surface area (Å²) in [7, 11) is 1.83. The zero-order valence-corrected chi connectivity index (χ0v) is 9.45. The Labute approximate surface area is 90.0 Å². The maximum atomic E-state index is 11.7. The number of amides is 1. The number of carbonyl (C=O) groups is 1. The molecule has 0 aliphatic rings. The second kappa shape index (κ2) is 5.34. The molecule has 0 bridgehead atoms. The summed E-state index contributed by atoms with van der Waals surface area (Å²) in [5, 5.41) is 6.87. The van der Waals surface area contributed by atoms with Gasteiger partial charge in [-0.05, 0) is 20.3 Å². The third-order valence-electron chi connectivity index (χ3n) is 2.31. The molecule has 0 aliphatic carbocycles. The van der Waals surface area contributed by atoms with Crippen LogP contribution in [0.25, 0.3) is 0 Å². The van der Waals surface area contributed by atoms with Crippen LogP contribution in [0, 0.1) is 6.92 Å². The number of nitrogens with one attached hydrogen (secondary N) is 1. The second-order valence-electron chi connectivity index (χ2n) is 3.38. The minimum Gasteiger partial charge on any atom is -0.352 e. The maximum Gasteiger partial charge on any atom is 0.254 e. The number of aryl methyl sites for hydroxylation is 1. The molecule has 0 radical (unpaired) electrons. The zero-order chi connectivity index (χ0) is 11.3. The molecule has 1 aromatic rings. The molecule has 82 valence electrons. The smallest absolute Gasteiger partial charge is 0.254 e. The topological polar surface area (TPSA) is 46.9 Å². The number of aromatic nitrogens is 2. The summed E-state index contributed by atoms with van der Waals surface area (Å²) in [6.45, 7) is 4.51. The molecule has 0 atom stereocenters. The van der Waals surface area contributed by atoms with E-state index < -0.39 is 0 Å². The molecule has 1 aromatic heterocycles. The van der Waals surface area contributed by atoms with Crippen molar-refractivity contribution in [3.05, 3.63) is 29.6 Å². The molecule has 0 aliphatic heterocycles. The van der Waals surface area contributed by atoms with Crippen molar-refractivity contribution in [1.29, 1.82) is 0 Å². The molecule has 0 saturated heterocycles. The molecular weight excluding hydrogens is 190 g/mol. The fourth-order valence-electron chi connectivity index (χ4n) is 1.25. The average Bonchev–Trinajstić information content (AvgIpc) is 2.55. The van der Waals surface area contributed by atoms with Crippen LogP contribution in [0.4, 0.5) is 0 Å². The third-order valence-corrected chi connectivity index (χ3v) is 2.31. The molecule has 4 heteroatoms. The SMILES string of the molecule is C/C=C/CCNC(=O)c1cnn(C)c1C. The highest BCUT2D eigenvalue weighted by molar-refractivity contribution is 5.94. The van der Waals surface area contributed by atoms with Gasteiger partial charge < -0.3 is 5.32 Å². The Morgan fingerprint density at radius 1 is 1.67 bits per heavy atom. The Bertz CT molecular complexity index is 366. The predicted octanol–water partition coefficient (Wildman–Crippen LogP) is 1.42. The van der Waals surface area contributed by atoms with Gasteiger partial charge in [0.05, 0.1) is 11.8 Å². The highest BCUT2D eigenvalue weighted by Gasteiger charge is 2.11. The number of nitrogens with zero attached hydrogens (tertiary/aromatic N) is 2. The molecule has 1 amide bonds. The lowest BCUT2D eigenvalue weighted by Gasteiger charge is -2.02. The third kappa shape index (κ3) is 2.94. The standard InChI is InChI=1S/C11H17N3O/c1-4-5-6-7-12-11(15)10-8-13-14(3)9(10)2/h4-5,8H,6-7H2,1-3H3,(H,12,15)/b5-4+. The maximum absolute atomic E-state index is 11.7. The van der Waals surface area contributed by atoms with E-state index in [1.807, 2.05) is 33.0 Å². The van der Waals surface area contributed by atoms with E-state index in [-0.39, 0.29) is 5.91 Å². The van der Waals surface area contributed by atoms with Gasteiger partial charge in [-0.15, -0.1) is 0 Å². The van der Waals surface area contributed by atoms with Crippen LogP contribution < -0.4 is 5.32 Å². The molecule has 0 aromatic carbocycles. The predicted molar refractivity (Wildman–Crippen MR) is 59.7 cm³/mol. The number of rotatable bonds is 4. The zero-order valence-electron chi connectivity index (χ0n) is 9.45. The van der Waals surface area contributed by atoms with Crippen molar-refractivity contribution in [3.63, 3.8) is 0 Å². The Morgan fingerprint density at radius 3 is 2.93 bits per heavy atom. The Kier molecular flexibility index (Phi) is 4.09. The largest absolute Gasteiger partial charge is 0.352 e. The Balaban J connectivity index is 2.51. The van der Waals surface area contributed by atoms with Crippen LogP contribution in [0.3, 0.4) is 0 Å². The van der Waals surface area contributed by atoms with E-state index in [4.69, 9.17) is 0 Å². The molecule has 0 unspecified atom stereocenters. The van der Waals surface area contributed by atoms with Crippen LogP contribution in [0.5, 0.6) is 0 Å². The van der Waals surface area contributed by atoms with E-state index in [2.05, 4.69) is 10.4 Å². The second-order valence-corrected chi connectivity index (χ2v) is 3.38. The van der Waals surface area contributed by atoms with Gasteiger partial charge in [0.15, 0.2) is 0 Å². The lowest BCUT2D eigenvalue weighted by atomic mass is 10.2. The van der Waals surface area contributed by atoms with Crippen LogP contribution in [0.15, 0.2) is 18.3 Å². The van der Waals surface area contributed by atoms with Gasteiger partial charge in [0.25, 0.3) is 5.91 Å². The molecule has 15 heavy (non-hydrogen) atoms.